The monoisotopic (exact) mass is 236 g/mol. The Balaban J connectivity index is 1.76. The summed E-state index contributed by atoms with van der Waals surface area (Å²) in [6.45, 7) is 3.39. The van der Waals surface area contributed by atoms with Crippen LogP contribution in [0.15, 0.2) is 29.4 Å². The molecule has 0 saturated heterocycles. The Bertz CT molecular complexity index is 302. The Morgan fingerprint density at radius 1 is 1.38 bits per heavy atom. The normalized spacial score (nSPS) is 24.8. The van der Waals surface area contributed by atoms with Gasteiger partial charge in [-0.25, -0.2) is 0 Å². The Hall–Kier alpha value is -0.540. The van der Waals surface area contributed by atoms with Crippen molar-refractivity contribution in [2.45, 2.75) is 48.8 Å². The lowest BCUT2D eigenvalue weighted by molar-refractivity contribution is 0.524. The van der Waals surface area contributed by atoms with E-state index < -0.39 is 0 Å². The minimum Gasteiger partial charge on any atom is -0.314 e. The molecule has 1 heterocycles. The van der Waals surface area contributed by atoms with Crippen LogP contribution >= 0.6 is 11.8 Å². The van der Waals surface area contributed by atoms with Gasteiger partial charge in [0.25, 0.3) is 0 Å². The van der Waals surface area contributed by atoms with E-state index in [-0.39, 0.29) is 0 Å². The number of nitrogens with zero attached hydrogens (tertiary/aromatic N) is 1. The van der Waals surface area contributed by atoms with Crippen molar-refractivity contribution in [3.8, 4) is 0 Å². The summed E-state index contributed by atoms with van der Waals surface area (Å²) >= 11 is 2.01. The van der Waals surface area contributed by atoms with Crippen LogP contribution in [0.1, 0.15) is 32.6 Å². The summed E-state index contributed by atoms with van der Waals surface area (Å²) in [5, 5.41) is 4.41. The summed E-state index contributed by atoms with van der Waals surface area (Å²) < 4.78 is 0. The molecule has 1 aliphatic carbocycles. The van der Waals surface area contributed by atoms with Gasteiger partial charge in [-0.05, 0) is 44.4 Å². The third-order valence-corrected chi connectivity index (χ3v) is 4.33. The zero-order valence-corrected chi connectivity index (χ0v) is 10.7. The number of thioether (sulfide) groups is 1. The molecule has 0 spiro atoms. The highest BCUT2D eigenvalue weighted by molar-refractivity contribution is 8.00. The average molecular weight is 236 g/mol. The first kappa shape index (κ1) is 11.9. The van der Waals surface area contributed by atoms with Crippen LogP contribution in [0.5, 0.6) is 0 Å². The summed E-state index contributed by atoms with van der Waals surface area (Å²) in [6.07, 6.45) is 8.98. The highest BCUT2D eigenvalue weighted by atomic mass is 32.2. The lowest BCUT2D eigenvalue weighted by Crippen LogP contribution is -2.27. The second kappa shape index (κ2) is 6.26. The SMILES string of the molecule is CCCNC1CCC(Sc2ccncc2)C1. The number of aromatic nitrogens is 1. The van der Waals surface area contributed by atoms with Gasteiger partial charge < -0.3 is 5.32 Å². The molecule has 1 fully saturated rings. The maximum atomic E-state index is 4.05. The van der Waals surface area contributed by atoms with Crippen LogP contribution in [0.2, 0.25) is 0 Å². The van der Waals surface area contributed by atoms with Crippen molar-refractivity contribution in [1.29, 1.82) is 0 Å². The Kier molecular flexibility index (Phi) is 4.67. The molecule has 2 atom stereocenters. The van der Waals surface area contributed by atoms with Crippen molar-refractivity contribution >= 4 is 11.8 Å². The molecule has 0 amide bonds. The third-order valence-electron chi connectivity index (χ3n) is 3.02. The molecule has 3 heteroatoms. The van der Waals surface area contributed by atoms with Crippen molar-refractivity contribution in [2.75, 3.05) is 6.54 Å². The lowest BCUT2D eigenvalue weighted by atomic mass is 10.2. The van der Waals surface area contributed by atoms with Gasteiger partial charge in [0.1, 0.15) is 0 Å². The Labute approximate surface area is 102 Å². The largest absolute Gasteiger partial charge is 0.314 e. The second-order valence-corrected chi connectivity index (χ2v) is 5.76. The van der Waals surface area contributed by atoms with Gasteiger partial charge in [0.05, 0.1) is 0 Å². The molecule has 0 aliphatic heterocycles. The summed E-state index contributed by atoms with van der Waals surface area (Å²) in [7, 11) is 0. The van der Waals surface area contributed by atoms with E-state index in [9.17, 15) is 0 Å². The maximum Gasteiger partial charge on any atom is 0.0278 e. The molecular weight excluding hydrogens is 216 g/mol. The van der Waals surface area contributed by atoms with Gasteiger partial charge in [-0.2, -0.15) is 0 Å². The summed E-state index contributed by atoms with van der Waals surface area (Å²) in [6, 6.07) is 4.97. The van der Waals surface area contributed by atoms with Gasteiger partial charge >= 0.3 is 0 Å². The fraction of sp³-hybridized carbons (Fsp3) is 0.615. The van der Waals surface area contributed by atoms with Crippen LogP contribution in [0.25, 0.3) is 0 Å². The number of nitrogens with one attached hydrogen (secondary N) is 1. The minimum atomic E-state index is 0.749. The molecular formula is C13H20N2S. The van der Waals surface area contributed by atoms with E-state index in [1.54, 1.807) is 0 Å². The number of pyridine rings is 1. The molecule has 2 rings (SSSR count). The molecule has 88 valence electrons. The van der Waals surface area contributed by atoms with Crippen molar-refractivity contribution in [3.05, 3.63) is 24.5 Å². The van der Waals surface area contributed by atoms with Crippen LogP contribution in [0, 0.1) is 0 Å². The van der Waals surface area contributed by atoms with Crippen molar-refractivity contribution in [1.82, 2.24) is 10.3 Å². The van der Waals surface area contributed by atoms with Gasteiger partial charge in [-0.1, -0.05) is 6.92 Å². The highest BCUT2D eigenvalue weighted by Crippen LogP contribution is 2.34. The zero-order valence-electron chi connectivity index (χ0n) is 9.86. The molecule has 16 heavy (non-hydrogen) atoms. The standard InChI is InChI=1S/C13H20N2S/c1-2-7-15-11-3-4-13(10-11)16-12-5-8-14-9-6-12/h5-6,8-9,11,13,15H,2-4,7,10H2,1H3. The molecule has 0 bridgehead atoms. The van der Waals surface area contributed by atoms with E-state index in [1.165, 1.54) is 30.6 Å². The van der Waals surface area contributed by atoms with Crippen molar-refractivity contribution < 1.29 is 0 Å². The van der Waals surface area contributed by atoms with Crippen LogP contribution in [0.4, 0.5) is 0 Å². The lowest BCUT2D eigenvalue weighted by Gasteiger charge is -2.12. The number of hydrogen-bond acceptors (Lipinski definition) is 3. The van der Waals surface area contributed by atoms with Crippen molar-refractivity contribution in [2.24, 2.45) is 0 Å². The molecule has 1 aromatic heterocycles. The molecule has 2 unspecified atom stereocenters. The summed E-state index contributed by atoms with van der Waals surface area (Å²) in [5.41, 5.74) is 0. The van der Waals surface area contributed by atoms with Gasteiger partial charge in [-0.3, -0.25) is 4.98 Å². The number of rotatable bonds is 5. The van der Waals surface area contributed by atoms with Crippen LogP contribution in [-0.2, 0) is 0 Å². The van der Waals surface area contributed by atoms with Crippen molar-refractivity contribution in [3.63, 3.8) is 0 Å². The number of hydrogen-bond donors (Lipinski definition) is 1. The van der Waals surface area contributed by atoms with E-state index in [2.05, 4.69) is 29.4 Å². The van der Waals surface area contributed by atoms with Crippen LogP contribution in [-0.4, -0.2) is 22.8 Å². The predicted octanol–water partition coefficient (Wildman–Crippen LogP) is 3.09. The molecule has 1 aliphatic rings. The van der Waals surface area contributed by atoms with Crippen LogP contribution in [0.3, 0.4) is 0 Å². The van der Waals surface area contributed by atoms with E-state index in [4.69, 9.17) is 0 Å². The zero-order chi connectivity index (χ0) is 11.2. The Morgan fingerprint density at radius 3 is 2.94 bits per heavy atom. The minimum absolute atomic E-state index is 0.749. The first-order chi connectivity index (χ1) is 7.88. The molecule has 0 radical (unpaired) electrons. The summed E-state index contributed by atoms with van der Waals surface area (Å²) in [4.78, 5) is 5.41. The Morgan fingerprint density at radius 2 is 2.19 bits per heavy atom. The average Bonchev–Trinajstić information content (AvgIpc) is 2.75. The van der Waals surface area contributed by atoms with Gasteiger partial charge in [0.15, 0.2) is 0 Å². The van der Waals surface area contributed by atoms with Gasteiger partial charge in [-0.15, -0.1) is 11.8 Å². The second-order valence-electron chi connectivity index (χ2n) is 4.39. The van der Waals surface area contributed by atoms with Gasteiger partial charge in [0, 0.05) is 28.6 Å². The smallest absolute Gasteiger partial charge is 0.0278 e. The molecule has 1 N–H and O–H groups in total. The van der Waals surface area contributed by atoms with Gasteiger partial charge in [0.2, 0.25) is 0 Å². The molecule has 0 aromatic carbocycles. The van der Waals surface area contributed by atoms with E-state index in [1.807, 2.05) is 24.2 Å². The third kappa shape index (κ3) is 3.49. The first-order valence-electron chi connectivity index (χ1n) is 6.18. The quantitative estimate of drug-likeness (QED) is 0.850. The maximum absolute atomic E-state index is 4.05. The molecule has 1 saturated carbocycles. The molecule has 2 nitrogen and oxygen atoms in total. The molecule has 1 aromatic rings. The first-order valence-corrected chi connectivity index (χ1v) is 7.06. The summed E-state index contributed by atoms with van der Waals surface area (Å²) in [5.74, 6) is 0. The van der Waals surface area contributed by atoms with E-state index in [0.717, 1.165) is 17.8 Å². The highest BCUT2D eigenvalue weighted by Gasteiger charge is 2.24. The fourth-order valence-electron chi connectivity index (χ4n) is 2.19. The van der Waals surface area contributed by atoms with E-state index in [0.29, 0.717) is 0 Å². The fourth-order valence-corrected chi connectivity index (χ4v) is 3.44. The van der Waals surface area contributed by atoms with E-state index >= 15 is 0 Å². The van der Waals surface area contributed by atoms with Crippen LogP contribution < -0.4 is 5.32 Å². The topological polar surface area (TPSA) is 24.9 Å². The predicted molar refractivity (Wildman–Crippen MR) is 69.8 cm³/mol.